The van der Waals surface area contributed by atoms with Crippen molar-refractivity contribution in [2.75, 3.05) is 5.32 Å². The summed E-state index contributed by atoms with van der Waals surface area (Å²) in [5.41, 5.74) is 2.93. The first-order valence-electron chi connectivity index (χ1n) is 7.83. The van der Waals surface area contributed by atoms with Crippen molar-refractivity contribution < 1.29 is 0 Å². The second-order valence-electron chi connectivity index (χ2n) is 5.43. The number of nitrogens with one attached hydrogen (secondary N) is 1. The lowest BCUT2D eigenvalue weighted by atomic mass is 10.0. The highest BCUT2D eigenvalue weighted by Crippen LogP contribution is 2.33. The summed E-state index contributed by atoms with van der Waals surface area (Å²) >= 11 is 6.11. The first-order valence-corrected chi connectivity index (χ1v) is 8.20. The van der Waals surface area contributed by atoms with Crippen LogP contribution in [-0.2, 0) is 6.54 Å². The third-order valence-electron chi connectivity index (χ3n) is 3.81. The summed E-state index contributed by atoms with van der Waals surface area (Å²) in [6.07, 6.45) is 3.43. The molecule has 0 aliphatic carbocycles. The molecule has 0 spiro atoms. The Bertz CT molecular complexity index is 1010. The average molecular weight is 348 g/mol. The van der Waals surface area contributed by atoms with E-state index in [1.807, 2.05) is 30.3 Å². The van der Waals surface area contributed by atoms with Gasteiger partial charge in [0, 0.05) is 12.4 Å². The molecule has 25 heavy (non-hydrogen) atoms. The van der Waals surface area contributed by atoms with Crippen LogP contribution in [0.25, 0.3) is 22.0 Å². The van der Waals surface area contributed by atoms with Crippen LogP contribution in [0.3, 0.4) is 0 Å². The first kappa shape index (κ1) is 15.5. The average Bonchev–Trinajstić information content (AvgIpc) is 2.67. The Morgan fingerprint density at radius 3 is 2.44 bits per heavy atom. The maximum absolute atomic E-state index is 6.11. The number of anilines is 1. The Labute approximate surface area is 149 Å². The molecule has 0 radical (unpaired) electrons. The zero-order chi connectivity index (χ0) is 17.1. The Balaban J connectivity index is 1.82. The van der Waals surface area contributed by atoms with Crippen LogP contribution in [0.15, 0.2) is 67.0 Å². The van der Waals surface area contributed by atoms with Gasteiger partial charge in [-0.2, -0.15) is 0 Å². The van der Waals surface area contributed by atoms with E-state index in [0.717, 1.165) is 22.0 Å². The second-order valence-corrected chi connectivity index (χ2v) is 5.76. The molecular formula is C19H14ClN5. The van der Waals surface area contributed by atoms with Crippen LogP contribution in [0, 0.1) is 0 Å². The highest BCUT2D eigenvalue weighted by atomic mass is 35.5. The van der Waals surface area contributed by atoms with Gasteiger partial charge in [0.1, 0.15) is 11.6 Å². The molecule has 0 unspecified atom stereocenters. The van der Waals surface area contributed by atoms with Crippen molar-refractivity contribution in [2.45, 2.75) is 6.54 Å². The lowest BCUT2D eigenvalue weighted by Gasteiger charge is -2.12. The number of fused-ring (bicyclic) bond motifs is 1. The number of halogens is 1. The van der Waals surface area contributed by atoms with Crippen LogP contribution in [0.2, 0.25) is 5.28 Å². The monoisotopic (exact) mass is 347 g/mol. The van der Waals surface area contributed by atoms with Crippen LogP contribution < -0.4 is 5.32 Å². The molecule has 0 saturated heterocycles. The van der Waals surface area contributed by atoms with Crippen molar-refractivity contribution in [1.82, 2.24) is 19.9 Å². The SMILES string of the molecule is Clc1nc(NCc2ncccn2)c2c(-c3ccccc3)cccc2n1. The number of aromatic nitrogens is 4. The number of nitrogens with zero attached hydrogens (tertiary/aromatic N) is 4. The quantitative estimate of drug-likeness (QED) is 0.556. The predicted octanol–water partition coefficient (Wildman–Crippen LogP) is 4.35. The van der Waals surface area contributed by atoms with Gasteiger partial charge in [-0.3, -0.25) is 0 Å². The van der Waals surface area contributed by atoms with Gasteiger partial charge in [0.25, 0.3) is 0 Å². The summed E-state index contributed by atoms with van der Waals surface area (Å²) in [5.74, 6) is 1.35. The number of rotatable bonds is 4. The Kier molecular flexibility index (Phi) is 4.23. The van der Waals surface area contributed by atoms with Crippen LogP contribution >= 0.6 is 11.6 Å². The highest BCUT2D eigenvalue weighted by Gasteiger charge is 2.12. The van der Waals surface area contributed by atoms with Crippen molar-refractivity contribution in [3.05, 3.63) is 78.1 Å². The molecule has 4 aromatic rings. The molecule has 4 rings (SSSR count). The van der Waals surface area contributed by atoms with Crippen LogP contribution in [-0.4, -0.2) is 19.9 Å². The van der Waals surface area contributed by atoms with Crippen molar-refractivity contribution >= 4 is 28.3 Å². The minimum Gasteiger partial charge on any atom is -0.362 e. The lowest BCUT2D eigenvalue weighted by Crippen LogP contribution is -2.06. The Morgan fingerprint density at radius 1 is 0.840 bits per heavy atom. The number of benzene rings is 2. The van der Waals surface area contributed by atoms with Gasteiger partial charge in [-0.15, -0.1) is 0 Å². The molecule has 0 atom stereocenters. The van der Waals surface area contributed by atoms with E-state index < -0.39 is 0 Å². The maximum atomic E-state index is 6.11. The van der Waals surface area contributed by atoms with Crippen molar-refractivity contribution in [2.24, 2.45) is 0 Å². The summed E-state index contributed by atoms with van der Waals surface area (Å²) in [4.78, 5) is 17.2. The largest absolute Gasteiger partial charge is 0.362 e. The van der Waals surface area contributed by atoms with Crippen LogP contribution in [0.4, 0.5) is 5.82 Å². The Hall–Kier alpha value is -3.05. The van der Waals surface area contributed by atoms with Gasteiger partial charge in [-0.25, -0.2) is 19.9 Å². The molecule has 2 aromatic heterocycles. The van der Waals surface area contributed by atoms with Gasteiger partial charge in [0.05, 0.1) is 17.4 Å². The van der Waals surface area contributed by atoms with Gasteiger partial charge in [-0.1, -0.05) is 42.5 Å². The molecule has 2 aromatic carbocycles. The van der Waals surface area contributed by atoms with Gasteiger partial charge in [-0.05, 0) is 34.9 Å². The number of hydrogen-bond donors (Lipinski definition) is 1. The highest BCUT2D eigenvalue weighted by molar-refractivity contribution is 6.29. The van der Waals surface area contributed by atoms with Gasteiger partial charge < -0.3 is 5.32 Å². The fourth-order valence-electron chi connectivity index (χ4n) is 2.72. The minimum atomic E-state index is 0.203. The topological polar surface area (TPSA) is 63.6 Å². The minimum absolute atomic E-state index is 0.203. The fraction of sp³-hybridized carbons (Fsp3) is 0.0526. The third kappa shape index (κ3) is 3.27. The fourth-order valence-corrected chi connectivity index (χ4v) is 2.90. The van der Waals surface area contributed by atoms with Gasteiger partial charge >= 0.3 is 0 Å². The molecule has 2 heterocycles. The maximum Gasteiger partial charge on any atom is 0.224 e. The van der Waals surface area contributed by atoms with E-state index in [1.165, 1.54) is 0 Å². The number of hydrogen-bond acceptors (Lipinski definition) is 5. The molecule has 0 saturated carbocycles. The summed E-state index contributed by atoms with van der Waals surface area (Å²) in [6, 6.07) is 17.9. The Morgan fingerprint density at radius 2 is 1.64 bits per heavy atom. The summed E-state index contributed by atoms with van der Waals surface area (Å²) < 4.78 is 0. The smallest absolute Gasteiger partial charge is 0.224 e. The summed E-state index contributed by atoms with van der Waals surface area (Å²) in [6.45, 7) is 0.451. The van der Waals surface area contributed by atoms with Crippen molar-refractivity contribution in [3.63, 3.8) is 0 Å². The van der Waals surface area contributed by atoms with E-state index in [-0.39, 0.29) is 5.28 Å². The lowest BCUT2D eigenvalue weighted by molar-refractivity contribution is 0.941. The molecule has 0 fully saturated rings. The molecule has 122 valence electrons. The van der Waals surface area contributed by atoms with E-state index in [0.29, 0.717) is 18.2 Å². The zero-order valence-electron chi connectivity index (χ0n) is 13.2. The first-order chi connectivity index (χ1) is 12.3. The molecule has 0 aliphatic heterocycles. The predicted molar refractivity (Wildman–Crippen MR) is 99.3 cm³/mol. The van der Waals surface area contributed by atoms with Crippen molar-refractivity contribution in [3.8, 4) is 11.1 Å². The second kappa shape index (κ2) is 6.83. The molecule has 5 nitrogen and oxygen atoms in total. The van der Waals surface area contributed by atoms with E-state index in [9.17, 15) is 0 Å². The normalized spacial score (nSPS) is 10.8. The van der Waals surface area contributed by atoms with E-state index in [2.05, 4.69) is 43.5 Å². The van der Waals surface area contributed by atoms with E-state index in [1.54, 1.807) is 18.5 Å². The van der Waals surface area contributed by atoms with Gasteiger partial charge in [0.15, 0.2) is 0 Å². The molecule has 0 aliphatic rings. The molecule has 6 heteroatoms. The molecular weight excluding hydrogens is 334 g/mol. The molecule has 0 amide bonds. The van der Waals surface area contributed by atoms with Crippen molar-refractivity contribution in [1.29, 1.82) is 0 Å². The molecule has 1 N–H and O–H groups in total. The standard InChI is InChI=1S/C19H14ClN5/c20-19-24-15-9-4-8-14(13-6-2-1-3-7-13)17(15)18(25-19)23-12-16-21-10-5-11-22-16/h1-11H,12H2,(H,23,24,25). The van der Waals surface area contributed by atoms with Gasteiger partial charge in [0.2, 0.25) is 5.28 Å². The zero-order valence-corrected chi connectivity index (χ0v) is 14.0. The molecule has 0 bridgehead atoms. The van der Waals surface area contributed by atoms with Crippen LogP contribution in [0.1, 0.15) is 5.82 Å². The van der Waals surface area contributed by atoms with Crippen LogP contribution in [0.5, 0.6) is 0 Å². The van der Waals surface area contributed by atoms with E-state index in [4.69, 9.17) is 11.6 Å². The van der Waals surface area contributed by atoms with E-state index >= 15 is 0 Å². The third-order valence-corrected chi connectivity index (χ3v) is 3.98. The summed E-state index contributed by atoms with van der Waals surface area (Å²) in [7, 11) is 0. The summed E-state index contributed by atoms with van der Waals surface area (Å²) in [5, 5.41) is 4.42.